The van der Waals surface area contributed by atoms with Gasteiger partial charge in [0.05, 0.1) is 28.1 Å². The number of anilines is 1. The van der Waals surface area contributed by atoms with E-state index in [0.29, 0.717) is 18.7 Å². The number of sulfone groups is 1. The van der Waals surface area contributed by atoms with E-state index >= 15 is 0 Å². The summed E-state index contributed by atoms with van der Waals surface area (Å²) in [5.74, 6) is 0.685. The number of alkyl halides is 1. The minimum Gasteiger partial charge on any atom is -0.310 e. The van der Waals surface area contributed by atoms with Crippen LogP contribution in [0.4, 0.5) is 5.82 Å². The highest BCUT2D eigenvalue weighted by Gasteiger charge is 2.31. The van der Waals surface area contributed by atoms with E-state index in [1.165, 1.54) is 0 Å². The van der Waals surface area contributed by atoms with E-state index in [1.54, 1.807) is 10.7 Å². The van der Waals surface area contributed by atoms with Crippen molar-refractivity contribution in [1.82, 2.24) is 9.78 Å². The van der Waals surface area contributed by atoms with Crippen LogP contribution < -0.4 is 5.32 Å². The van der Waals surface area contributed by atoms with Gasteiger partial charge >= 0.3 is 0 Å². The summed E-state index contributed by atoms with van der Waals surface area (Å²) in [6.07, 6.45) is 1.22. The summed E-state index contributed by atoms with van der Waals surface area (Å²) in [4.78, 5) is 11.7. The lowest BCUT2D eigenvalue weighted by Crippen LogP contribution is -2.25. The van der Waals surface area contributed by atoms with Gasteiger partial charge in [-0.1, -0.05) is 22.9 Å². The third-order valence-electron chi connectivity index (χ3n) is 3.31. The Kier molecular flexibility index (Phi) is 4.53. The van der Waals surface area contributed by atoms with Crippen LogP contribution in [0.1, 0.15) is 31.5 Å². The molecule has 2 unspecified atom stereocenters. The van der Waals surface area contributed by atoms with E-state index in [1.807, 2.05) is 13.8 Å². The van der Waals surface area contributed by atoms with Crippen LogP contribution in [-0.2, 0) is 14.6 Å². The Morgan fingerprint density at radius 1 is 1.65 bits per heavy atom. The van der Waals surface area contributed by atoms with Crippen molar-refractivity contribution < 1.29 is 13.2 Å². The van der Waals surface area contributed by atoms with Crippen molar-refractivity contribution in [3.63, 3.8) is 0 Å². The maximum atomic E-state index is 11.9. The summed E-state index contributed by atoms with van der Waals surface area (Å²) in [7, 11) is -2.98. The van der Waals surface area contributed by atoms with Gasteiger partial charge in [-0.15, -0.1) is 0 Å². The fourth-order valence-corrected chi connectivity index (χ4v) is 4.05. The van der Waals surface area contributed by atoms with Gasteiger partial charge < -0.3 is 5.32 Å². The summed E-state index contributed by atoms with van der Waals surface area (Å²) >= 11 is 3.30. The molecule has 20 heavy (non-hydrogen) atoms. The molecule has 1 fully saturated rings. The summed E-state index contributed by atoms with van der Waals surface area (Å²) < 4.78 is 24.8. The Labute approximate surface area is 127 Å². The summed E-state index contributed by atoms with van der Waals surface area (Å²) in [6.45, 7) is 3.73. The molecule has 0 aromatic carbocycles. The lowest BCUT2D eigenvalue weighted by atomic mass is 10.2. The predicted octanol–water partition coefficient (Wildman–Crippen LogP) is 1.66. The average molecular weight is 364 g/mol. The molecular formula is C12H18BrN3O3S. The zero-order valence-electron chi connectivity index (χ0n) is 11.5. The molecule has 112 valence electrons. The number of hydrogen-bond donors (Lipinski definition) is 1. The Morgan fingerprint density at radius 2 is 2.35 bits per heavy atom. The largest absolute Gasteiger partial charge is 0.310 e. The second-order valence-electron chi connectivity index (χ2n) is 5.04. The van der Waals surface area contributed by atoms with Crippen LogP contribution in [0.25, 0.3) is 0 Å². The first-order valence-corrected chi connectivity index (χ1v) is 9.27. The molecule has 1 aromatic heterocycles. The zero-order chi connectivity index (χ0) is 14.9. The van der Waals surface area contributed by atoms with Gasteiger partial charge in [0.2, 0.25) is 5.91 Å². The standard InChI is InChI=1S/C12H18BrN3O3S/c1-3-10(13)12(17)14-11-6-8(2)15-16(11)9-4-5-20(18,19)7-9/h6,9-10H,3-5,7H2,1-2H3,(H,14,17). The molecule has 1 aliphatic rings. The van der Waals surface area contributed by atoms with E-state index in [0.717, 1.165) is 5.69 Å². The highest BCUT2D eigenvalue weighted by molar-refractivity contribution is 9.10. The molecule has 0 bridgehead atoms. The number of aromatic nitrogens is 2. The fourth-order valence-electron chi connectivity index (χ4n) is 2.25. The van der Waals surface area contributed by atoms with Gasteiger partial charge in [-0.2, -0.15) is 5.10 Å². The van der Waals surface area contributed by atoms with Crippen LogP contribution in [0.15, 0.2) is 6.07 Å². The summed E-state index contributed by atoms with van der Waals surface area (Å²) in [5, 5.41) is 7.12. The molecule has 1 saturated heterocycles. The molecule has 0 radical (unpaired) electrons. The third-order valence-corrected chi connectivity index (χ3v) is 6.12. The number of rotatable bonds is 4. The smallest absolute Gasteiger partial charge is 0.239 e. The van der Waals surface area contributed by atoms with E-state index < -0.39 is 9.84 Å². The molecule has 1 amide bonds. The quantitative estimate of drug-likeness (QED) is 0.824. The number of halogens is 1. The lowest BCUT2D eigenvalue weighted by molar-refractivity contribution is -0.115. The molecule has 0 aliphatic carbocycles. The first-order chi connectivity index (χ1) is 9.32. The van der Waals surface area contributed by atoms with E-state index in [2.05, 4.69) is 26.3 Å². The Hall–Kier alpha value is -0.890. The van der Waals surface area contributed by atoms with Gasteiger partial charge in [0.1, 0.15) is 5.82 Å². The normalized spacial score (nSPS) is 22.6. The highest BCUT2D eigenvalue weighted by Crippen LogP contribution is 2.27. The van der Waals surface area contributed by atoms with Crippen molar-refractivity contribution in [2.45, 2.75) is 37.6 Å². The zero-order valence-corrected chi connectivity index (χ0v) is 13.9. The molecule has 1 N–H and O–H groups in total. The van der Waals surface area contributed by atoms with E-state index in [4.69, 9.17) is 0 Å². The molecule has 1 aliphatic heterocycles. The Morgan fingerprint density at radius 3 is 2.90 bits per heavy atom. The average Bonchev–Trinajstić information content (AvgIpc) is 2.91. The van der Waals surface area contributed by atoms with Crippen LogP contribution in [0.5, 0.6) is 0 Å². The number of amides is 1. The van der Waals surface area contributed by atoms with Gasteiger partial charge in [0.25, 0.3) is 0 Å². The van der Waals surface area contributed by atoms with Gasteiger partial charge in [-0.05, 0) is 19.8 Å². The van der Waals surface area contributed by atoms with Crippen LogP contribution in [0.3, 0.4) is 0 Å². The van der Waals surface area contributed by atoms with E-state index in [-0.39, 0.29) is 28.3 Å². The van der Waals surface area contributed by atoms with Crippen molar-refractivity contribution >= 4 is 37.5 Å². The van der Waals surface area contributed by atoms with Gasteiger partial charge in [-0.3, -0.25) is 4.79 Å². The first kappa shape index (κ1) is 15.5. The highest BCUT2D eigenvalue weighted by atomic mass is 79.9. The molecule has 0 saturated carbocycles. The molecule has 6 nitrogen and oxygen atoms in total. The number of aryl methyl sites for hydroxylation is 1. The van der Waals surface area contributed by atoms with Gasteiger partial charge in [-0.25, -0.2) is 13.1 Å². The number of carbonyl (C=O) groups is 1. The maximum Gasteiger partial charge on any atom is 0.239 e. The van der Waals surface area contributed by atoms with Crippen LogP contribution in [0.2, 0.25) is 0 Å². The van der Waals surface area contributed by atoms with Crippen LogP contribution >= 0.6 is 15.9 Å². The van der Waals surface area contributed by atoms with Gasteiger partial charge in [0, 0.05) is 6.07 Å². The van der Waals surface area contributed by atoms with Crippen LogP contribution in [-0.4, -0.2) is 40.4 Å². The molecular weight excluding hydrogens is 346 g/mol. The lowest BCUT2D eigenvalue weighted by Gasteiger charge is -2.15. The molecule has 8 heteroatoms. The molecule has 0 spiro atoms. The first-order valence-electron chi connectivity index (χ1n) is 6.54. The molecule has 1 aromatic rings. The fraction of sp³-hybridized carbons (Fsp3) is 0.667. The van der Waals surface area contributed by atoms with Crippen LogP contribution in [0, 0.1) is 6.92 Å². The Balaban J connectivity index is 2.21. The van der Waals surface area contributed by atoms with Crippen molar-refractivity contribution in [2.24, 2.45) is 0 Å². The topological polar surface area (TPSA) is 81.1 Å². The SMILES string of the molecule is CCC(Br)C(=O)Nc1cc(C)nn1C1CCS(=O)(=O)C1. The summed E-state index contributed by atoms with van der Waals surface area (Å²) in [6, 6.07) is 1.57. The minimum absolute atomic E-state index is 0.0858. The number of carbonyl (C=O) groups excluding carboxylic acids is 1. The van der Waals surface area contributed by atoms with Crippen molar-refractivity contribution in [2.75, 3.05) is 16.8 Å². The van der Waals surface area contributed by atoms with Gasteiger partial charge in [0.15, 0.2) is 9.84 Å². The second-order valence-corrected chi connectivity index (χ2v) is 8.37. The third kappa shape index (κ3) is 3.41. The maximum absolute atomic E-state index is 11.9. The number of nitrogens with one attached hydrogen (secondary N) is 1. The molecule has 2 atom stereocenters. The monoisotopic (exact) mass is 363 g/mol. The Bertz CT molecular complexity index is 611. The van der Waals surface area contributed by atoms with Crippen molar-refractivity contribution in [3.8, 4) is 0 Å². The number of hydrogen-bond acceptors (Lipinski definition) is 4. The molecule has 2 rings (SSSR count). The number of nitrogens with zero attached hydrogens (tertiary/aromatic N) is 2. The van der Waals surface area contributed by atoms with Crippen molar-refractivity contribution in [3.05, 3.63) is 11.8 Å². The van der Waals surface area contributed by atoms with Crippen molar-refractivity contribution in [1.29, 1.82) is 0 Å². The van der Waals surface area contributed by atoms with E-state index in [9.17, 15) is 13.2 Å². The molecule has 2 heterocycles. The predicted molar refractivity (Wildman–Crippen MR) is 80.9 cm³/mol. The summed E-state index contributed by atoms with van der Waals surface area (Å²) in [5.41, 5.74) is 0.757. The second kappa shape index (κ2) is 5.85. The minimum atomic E-state index is -2.98.